The second kappa shape index (κ2) is 7.71. The summed E-state index contributed by atoms with van der Waals surface area (Å²) in [6, 6.07) is 11.9. The van der Waals surface area contributed by atoms with Crippen molar-refractivity contribution in [2.75, 3.05) is 26.1 Å². The van der Waals surface area contributed by atoms with E-state index in [1.165, 1.54) is 0 Å². The first-order valence-electron chi connectivity index (χ1n) is 10.4. The summed E-state index contributed by atoms with van der Waals surface area (Å²) in [6.07, 6.45) is 1.36. The molecule has 30 heavy (non-hydrogen) atoms. The number of ether oxygens (including phenoxy) is 3. The molecule has 0 saturated heterocycles. The highest BCUT2D eigenvalue weighted by molar-refractivity contribution is 6.02. The Bertz CT molecular complexity index is 1000. The Labute approximate surface area is 178 Å². The SMILES string of the molecule is CCOc1ccc([C@H]2C3=C(CC(C)(C)CC3=O)Nc3cc(OC)cc(OC)c32)cc1. The molecule has 2 aliphatic rings. The third-order valence-corrected chi connectivity index (χ3v) is 5.88. The third-order valence-electron chi connectivity index (χ3n) is 5.88. The van der Waals surface area contributed by atoms with Crippen LogP contribution in [0.5, 0.6) is 17.2 Å². The van der Waals surface area contributed by atoms with Crippen molar-refractivity contribution in [2.24, 2.45) is 5.41 Å². The molecular weight excluding hydrogens is 378 g/mol. The van der Waals surface area contributed by atoms with E-state index in [4.69, 9.17) is 14.2 Å². The molecule has 0 spiro atoms. The van der Waals surface area contributed by atoms with Crippen LogP contribution < -0.4 is 19.5 Å². The van der Waals surface area contributed by atoms with E-state index in [9.17, 15) is 4.79 Å². The van der Waals surface area contributed by atoms with E-state index in [-0.39, 0.29) is 17.1 Å². The molecule has 1 aliphatic carbocycles. The van der Waals surface area contributed by atoms with Crippen LogP contribution >= 0.6 is 0 Å². The fourth-order valence-corrected chi connectivity index (χ4v) is 4.63. The van der Waals surface area contributed by atoms with E-state index in [1.54, 1.807) is 14.2 Å². The van der Waals surface area contributed by atoms with Gasteiger partial charge < -0.3 is 19.5 Å². The van der Waals surface area contributed by atoms with Gasteiger partial charge in [-0.05, 0) is 36.5 Å². The topological polar surface area (TPSA) is 56.8 Å². The monoisotopic (exact) mass is 407 g/mol. The lowest BCUT2D eigenvalue weighted by molar-refractivity contribution is -0.118. The van der Waals surface area contributed by atoms with Crippen molar-refractivity contribution in [1.29, 1.82) is 0 Å². The van der Waals surface area contributed by atoms with E-state index < -0.39 is 0 Å². The second-order valence-electron chi connectivity index (χ2n) is 8.68. The molecule has 4 rings (SSSR count). The number of ketones is 1. The molecule has 1 N–H and O–H groups in total. The summed E-state index contributed by atoms with van der Waals surface area (Å²) in [7, 11) is 3.30. The van der Waals surface area contributed by atoms with Crippen molar-refractivity contribution in [3.63, 3.8) is 0 Å². The Morgan fingerprint density at radius 3 is 2.40 bits per heavy atom. The van der Waals surface area contributed by atoms with Crippen LogP contribution in [0, 0.1) is 5.41 Å². The van der Waals surface area contributed by atoms with Gasteiger partial charge in [0.1, 0.15) is 17.2 Å². The molecule has 0 saturated carbocycles. The maximum atomic E-state index is 13.3. The summed E-state index contributed by atoms with van der Waals surface area (Å²) >= 11 is 0. The van der Waals surface area contributed by atoms with Gasteiger partial charge in [-0.15, -0.1) is 0 Å². The number of benzene rings is 2. The normalized spacial score (nSPS) is 19.5. The quantitative estimate of drug-likeness (QED) is 0.729. The van der Waals surface area contributed by atoms with Gasteiger partial charge in [-0.3, -0.25) is 4.79 Å². The maximum Gasteiger partial charge on any atom is 0.162 e. The predicted molar refractivity (Wildman–Crippen MR) is 118 cm³/mol. The van der Waals surface area contributed by atoms with Crippen molar-refractivity contribution < 1.29 is 19.0 Å². The van der Waals surface area contributed by atoms with Gasteiger partial charge in [0.25, 0.3) is 0 Å². The number of anilines is 1. The first-order chi connectivity index (χ1) is 14.4. The third kappa shape index (κ3) is 3.53. The zero-order valence-electron chi connectivity index (χ0n) is 18.3. The Morgan fingerprint density at radius 2 is 1.77 bits per heavy atom. The van der Waals surface area contributed by atoms with Crippen LogP contribution in [-0.2, 0) is 4.79 Å². The zero-order valence-corrected chi connectivity index (χ0v) is 18.3. The fourth-order valence-electron chi connectivity index (χ4n) is 4.63. The van der Waals surface area contributed by atoms with Gasteiger partial charge in [0, 0.05) is 47.0 Å². The van der Waals surface area contributed by atoms with Gasteiger partial charge in [-0.2, -0.15) is 0 Å². The van der Waals surface area contributed by atoms with Crippen LogP contribution in [0.15, 0.2) is 47.7 Å². The molecule has 1 atom stereocenters. The molecule has 0 fully saturated rings. The Kier molecular flexibility index (Phi) is 5.22. The number of carbonyl (C=O) groups is 1. The number of allylic oxidation sites excluding steroid dienone is 2. The van der Waals surface area contributed by atoms with E-state index in [1.807, 2.05) is 43.3 Å². The Hall–Kier alpha value is -2.95. The molecule has 1 heterocycles. The summed E-state index contributed by atoms with van der Waals surface area (Å²) in [6.45, 7) is 6.87. The lowest BCUT2D eigenvalue weighted by Crippen LogP contribution is -2.34. The van der Waals surface area contributed by atoms with Crippen LogP contribution in [-0.4, -0.2) is 26.6 Å². The number of rotatable bonds is 5. The van der Waals surface area contributed by atoms with Gasteiger partial charge in [-0.25, -0.2) is 0 Å². The average Bonchev–Trinajstić information content (AvgIpc) is 2.71. The summed E-state index contributed by atoms with van der Waals surface area (Å²) in [5.74, 6) is 2.24. The van der Waals surface area contributed by atoms with E-state index >= 15 is 0 Å². The van der Waals surface area contributed by atoms with Crippen molar-refractivity contribution in [3.05, 3.63) is 58.8 Å². The Balaban J connectivity index is 1.92. The highest BCUT2D eigenvalue weighted by Crippen LogP contribution is 2.52. The lowest BCUT2D eigenvalue weighted by atomic mass is 9.68. The molecule has 0 unspecified atom stereocenters. The van der Waals surface area contributed by atoms with Gasteiger partial charge in [-0.1, -0.05) is 26.0 Å². The molecule has 5 heteroatoms. The minimum Gasteiger partial charge on any atom is -0.497 e. The number of carbonyl (C=O) groups excluding carboxylic acids is 1. The number of nitrogens with one attached hydrogen (secondary N) is 1. The van der Waals surface area contributed by atoms with E-state index in [0.29, 0.717) is 24.5 Å². The minimum atomic E-state index is -0.198. The highest BCUT2D eigenvalue weighted by atomic mass is 16.5. The smallest absolute Gasteiger partial charge is 0.162 e. The standard InChI is InChI=1S/C25H29NO4/c1-6-30-16-9-7-15(8-10-16)22-23-19(13-25(2,3)14-20(23)27)26-18-11-17(28-4)12-21(29-5)24(18)22/h7-12,22,26H,6,13-14H2,1-5H3/t22-/m0/s1. The molecule has 0 amide bonds. The number of fused-ring (bicyclic) bond motifs is 1. The molecule has 1 aliphatic heterocycles. The summed E-state index contributed by atoms with van der Waals surface area (Å²) < 4.78 is 16.8. The van der Waals surface area contributed by atoms with Crippen LogP contribution in [0.2, 0.25) is 0 Å². The molecular formula is C25H29NO4. The number of hydrogen-bond acceptors (Lipinski definition) is 5. The zero-order chi connectivity index (χ0) is 21.5. The molecule has 2 aromatic rings. The first kappa shape index (κ1) is 20.3. The predicted octanol–water partition coefficient (Wildman–Crippen LogP) is 5.30. The van der Waals surface area contributed by atoms with Crippen molar-refractivity contribution in [2.45, 2.75) is 39.5 Å². The van der Waals surface area contributed by atoms with Gasteiger partial charge in [0.2, 0.25) is 0 Å². The molecule has 0 aromatic heterocycles. The molecule has 158 valence electrons. The van der Waals surface area contributed by atoms with Crippen molar-refractivity contribution in [3.8, 4) is 17.2 Å². The molecule has 5 nitrogen and oxygen atoms in total. The van der Waals surface area contributed by atoms with Crippen molar-refractivity contribution in [1.82, 2.24) is 0 Å². The number of Topliss-reactive ketones (excluding diaryl/α,β-unsaturated/α-hetero) is 1. The second-order valence-corrected chi connectivity index (χ2v) is 8.68. The minimum absolute atomic E-state index is 0.0766. The fraction of sp³-hybridized carbons (Fsp3) is 0.400. The maximum absolute atomic E-state index is 13.3. The summed E-state index contributed by atoms with van der Waals surface area (Å²) in [4.78, 5) is 13.3. The first-order valence-corrected chi connectivity index (χ1v) is 10.4. The largest absolute Gasteiger partial charge is 0.497 e. The molecule has 2 aromatic carbocycles. The van der Waals surface area contributed by atoms with Crippen LogP contribution in [0.3, 0.4) is 0 Å². The summed E-state index contributed by atoms with van der Waals surface area (Å²) in [5.41, 5.74) is 4.70. The summed E-state index contributed by atoms with van der Waals surface area (Å²) in [5, 5.41) is 3.54. The van der Waals surface area contributed by atoms with Gasteiger partial charge >= 0.3 is 0 Å². The van der Waals surface area contributed by atoms with E-state index in [2.05, 4.69) is 19.2 Å². The van der Waals surface area contributed by atoms with Crippen LogP contribution in [0.1, 0.15) is 50.7 Å². The lowest BCUT2D eigenvalue weighted by Gasteiger charge is -2.40. The number of methoxy groups -OCH3 is 2. The average molecular weight is 408 g/mol. The highest BCUT2D eigenvalue weighted by Gasteiger charge is 2.42. The Morgan fingerprint density at radius 1 is 1.03 bits per heavy atom. The molecule has 0 bridgehead atoms. The van der Waals surface area contributed by atoms with Crippen molar-refractivity contribution >= 4 is 11.5 Å². The van der Waals surface area contributed by atoms with Crippen LogP contribution in [0.25, 0.3) is 0 Å². The molecule has 0 radical (unpaired) electrons. The number of hydrogen-bond donors (Lipinski definition) is 1. The van der Waals surface area contributed by atoms with Crippen LogP contribution in [0.4, 0.5) is 5.69 Å². The van der Waals surface area contributed by atoms with Gasteiger partial charge in [0.05, 0.1) is 20.8 Å². The van der Waals surface area contributed by atoms with Gasteiger partial charge in [0.15, 0.2) is 5.78 Å². The van der Waals surface area contributed by atoms with E-state index in [0.717, 1.165) is 40.3 Å².